The molecule has 0 spiro atoms. The third-order valence-electron chi connectivity index (χ3n) is 4.40. The summed E-state index contributed by atoms with van der Waals surface area (Å²) in [6.07, 6.45) is 3.75. The average molecular weight is 417 g/mol. The molecule has 0 radical (unpaired) electrons. The Balaban J connectivity index is 1.76. The fourth-order valence-electron chi connectivity index (χ4n) is 3.02. The molecule has 24 heavy (non-hydrogen) atoms. The smallest absolute Gasteiger partial charge is 0.252 e. The van der Waals surface area contributed by atoms with E-state index in [0.717, 1.165) is 32.3 Å². The Bertz CT molecular complexity index is 711. The van der Waals surface area contributed by atoms with Gasteiger partial charge in [0.15, 0.2) is 0 Å². The molecule has 0 saturated carbocycles. The Morgan fingerprint density at radius 3 is 2.71 bits per heavy atom. The molecule has 1 aromatic carbocycles. The van der Waals surface area contributed by atoms with Crippen molar-refractivity contribution in [1.29, 1.82) is 0 Å². The zero-order valence-corrected chi connectivity index (χ0v) is 15.7. The van der Waals surface area contributed by atoms with Crippen molar-refractivity contribution in [3.05, 3.63) is 28.2 Å². The number of benzene rings is 1. The van der Waals surface area contributed by atoms with Crippen molar-refractivity contribution < 1.29 is 17.9 Å². The maximum Gasteiger partial charge on any atom is 0.252 e. The number of sulfonamides is 1. The minimum absolute atomic E-state index is 0.0456. The van der Waals surface area contributed by atoms with Crippen molar-refractivity contribution in [1.82, 2.24) is 9.62 Å². The molecule has 1 amide bonds. The number of amides is 1. The fraction of sp³-hybridized carbons (Fsp3) is 0.562. The second kappa shape index (κ2) is 7.51. The van der Waals surface area contributed by atoms with Gasteiger partial charge in [0.05, 0.1) is 16.6 Å². The van der Waals surface area contributed by atoms with E-state index in [1.165, 1.54) is 16.4 Å². The Morgan fingerprint density at radius 2 is 2.04 bits per heavy atom. The maximum atomic E-state index is 12.6. The van der Waals surface area contributed by atoms with Gasteiger partial charge in [-0.1, -0.05) is 0 Å². The van der Waals surface area contributed by atoms with Crippen LogP contribution in [0.25, 0.3) is 0 Å². The van der Waals surface area contributed by atoms with Gasteiger partial charge in [-0.3, -0.25) is 4.79 Å². The predicted molar refractivity (Wildman–Crippen MR) is 93.4 cm³/mol. The Labute approximate surface area is 150 Å². The molecular formula is C16H21BrN2O4S. The van der Waals surface area contributed by atoms with Crippen molar-refractivity contribution in [2.24, 2.45) is 0 Å². The average Bonchev–Trinajstić information content (AvgIpc) is 3.26. The van der Waals surface area contributed by atoms with Crippen LogP contribution in [0.5, 0.6) is 0 Å². The van der Waals surface area contributed by atoms with Crippen LogP contribution in [0, 0.1) is 0 Å². The summed E-state index contributed by atoms with van der Waals surface area (Å²) in [5.41, 5.74) is 0.327. The van der Waals surface area contributed by atoms with Gasteiger partial charge < -0.3 is 10.1 Å². The van der Waals surface area contributed by atoms with Gasteiger partial charge >= 0.3 is 0 Å². The molecule has 2 aliphatic heterocycles. The Kier molecular flexibility index (Phi) is 5.59. The van der Waals surface area contributed by atoms with Crippen LogP contribution in [-0.4, -0.2) is 51.0 Å². The standard InChI is InChI=1S/C16H21BrN2O4S/c17-15-6-5-13(24(21,22)19-7-1-2-8-19)10-14(15)16(20)18-11-12-4-3-9-23-12/h5-6,10,12H,1-4,7-9,11H2,(H,18,20)/t12-/m1/s1. The van der Waals surface area contributed by atoms with Crippen LogP contribution in [-0.2, 0) is 14.8 Å². The topological polar surface area (TPSA) is 75.7 Å². The monoisotopic (exact) mass is 416 g/mol. The van der Waals surface area contributed by atoms with Gasteiger partial charge in [0.25, 0.3) is 5.91 Å². The lowest BCUT2D eigenvalue weighted by Gasteiger charge is -2.17. The molecule has 1 atom stereocenters. The number of carbonyl (C=O) groups excluding carboxylic acids is 1. The SMILES string of the molecule is O=C(NC[C@H]1CCCO1)c1cc(S(=O)(=O)N2CCCC2)ccc1Br. The van der Waals surface area contributed by atoms with Gasteiger partial charge in [-0.05, 0) is 59.8 Å². The lowest BCUT2D eigenvalue weighted by molar-refractivity contribution is 0.0857. The highest BCUT2D eigenvalue weighted by molar-refractivity contribution is 9.10. The summed E-state index contributed by atoms with van der Waals surface area (Å²) in [5, 5.41) is 2.83. The molecule has 2 fully saturated rings. The third-order valence-corrected chi connectivity index (χ3v) is 6.99. The first kappa shape index (κ1) is 17.8. The lowest BCUT2D eigenvalue weighted by atomic mass is 10.2. The molecule has 1 aromatic rings. The molecule has 0 unspecified atom stereocenters. The highest BCUT2D eigenvalue weighted by Gasteiger charge is 2.28. The van der Waals surface area contributed by atoms with Gasteiger partial charge in [-0.25, -0.2) is 8.42 Å². The van der Waals surface area contributed by atoms with E-state index in [4.69, 9.17) is 4.74 Å². The van der Waals surface area contributed by atoms with Crippen LogP contribution in [0.2, 0.25) is 0 Å². The molecule has 0 aromatic heterocycles. The molecule has 0 aliphatic carbocycles. The van der Waals surface area contributed by atoms with Gasteiger partial charge in [-0.2, -0.15) is 4.31 Å². The number of carbonyl (C=O) groups is 1. The van der Waals surface area contributed by atoms with Crippen LogP contribution in [0.15, 0.2) is 27.6 Å². The second-order valence-corrected chi connectivity index (χ2v) is 8.89. The summed E-state index contributed by atoms with van der Waals surface area (Å²) in [4.78, 5) is 12.6. The van der Waals surface area contributed by atoms with Gasteiger partial charge in [0, 0.05) is 30.7 Å². The molecule has 2 heterocycles. The summed E-state index contributed by atoms with van der Waals surface area (Å²) >= 11 is 3.33. The van der Waals surface area contributed by atoms with Gasteiger partial charge in [0.2, 0.25) is 10.0 Å². The number of nitrogens with zero attached hydrogens (tertiary/aromatic N) is 1. The van der Waals surface area contributed by atoms with Crippen molar-refractivity contribution in [2.45, 2.75) is 36.7 Å². The quantitative estimate of drug-likeness (QED) is 0.797. The van der Waals surface area contributed by atoms with E-state index in [0.29, 0.717) is 29.7 Å². The van der Waals surface area contributed by atoms with E-state index in [1.807, 2.05) is 0 Å². The van der Waals surface area contributed by atoms with Crippen LogP contribution < -0.4 is 5.32 Å². The minimum atomic E-state index is -3.53. The molecule has 2 aliphatic rings. The summed E-state index contributed by atoms with van der Waals surface area (Å²) in [5.74, 6) is -0.296. The summed E-state index contributed by atoms with van der Waals surface area (Å²) in [6, 6.07) is 4.60. The second-order valence-electron chi connectivity index (χ2n) is 6.10. The van der Waals surface area contributed by atoms with Crippen molar-refractivity contribution >= 4 is 31.9 Å². The zero-order valence-electron chi connectivity index (χ0n) is 13.3. The van der Waals surface area contributed by atoms with E-state index in [9.17, 15) is 13.2 Å². The number of ether oxygens (including phenoxy) is 1. The van der Waals surface area contributed by atoms with Crippen LogP contribution in [0.3, 0.4) is 0 Å². The molecule has 132 valence electrons. The molecular weight excluding hydrogens is 396 g/mol. The van der Waals surface area contributed by atoms with Crippen molar-refractivity contribution in [3.63, 3.8) is 0 Å². The fourth-order valence-corrected chi connectivity index (χ4v) is 4.99. The largest absolute Gasteiger partial charge is 0.376 e. The maximum absolute atomic E-state index is 12.6. The first-order chi connectivity index (χ1) is 11.5. The van der Waals surface area contributed by atoms with Gasteiger partial charge in [0.1, 0.15) is 0 Å². The highest BCUT2D eigenvalue weighted by Crippen LogP contribution is 2.25. The van der Waals surface area contributed by atoms with Crippen molar-refractivity contribution in [3.8, 4) is 0 Å². The normalized spacial score (nSPS) is 22.0. The Hall–Kier alpha value is -0.960. The first-order valence-corrected chi connectivity index (χ1v) is 10.4. The predicted octanol–water partition coefficient (Wildman–Crippen LogP) is 2.14. The minimum Gasteiger partial charge on any atom is -0.376 e. The molecule has 0 bridgehead atoms. The van der Waals surface area contributed by atoms with Crippen molar-refractivity contribution in [2.75, 3.05) is 26.2 Å². The van der Waals surface area contributed by atoms with E-state index in [2.05, 4.69) is 21.2 Å². The van der Waals surface area contributed by atoms with E-state index in [-0.39, 0.29) is 16.9 Å². The number of nitrogens with one attached hydrogen (secondary N) is 1. The number of halogens is 1. The molecule has 1 N–H and O–H groups in total. The van der Waals surface area contributed by atoms with Crippen LogP contribution in [0.1, 0.15) is 36.0 Å². The first-order valence-electron chi connectivity index (χ1n) is 8.18. The molecule has 6 nitrogen and oxygen atoms in total. The van der Waals surface area contributed by atoms with E-state index >= 15 is 0 Å². The van der Waals surface area contributed by atoms with E-state index in [1.54, 1.807) is 6.07 Å². The van der Waals surface area contributed by atoms with Crippen LogP contribution >= 0.6 is 15.9 Å². The summed E-state index contributed by atoms with van der Waals surface area (Å²) in [6.45, 7) is 2.25. The summed E-state index contributed by atoms with van der Waals surface area (Å²) in [7, 11) is -3.53. The molecule has 2 saturated heterocycles. The summed E-state index contributed by atoms with van der Waals surface area (Å²) < 4.78 is 32.8. The van der Waals surface area contributed by atoms with Gasteiger partial charge in [-0.15, -0.1) is 0 Å². The number of rotatable bonds is 5. The molecule has 8 heteroatoms. The molecule has 3 rings (SSSR count). The Morgan fingerprint density at radius 1 is 1.29 bits per heavy atom. The van der Waals surface area contributed by atoms with E-state index < -0.39 is 10.0 Å². The zero-order chi connectivity index (χ0) is 17.2. The number of hydrogen-bond donors (Lipinski definition) is 1. The third kappa shape index (κ3) is 3.82. The highest BCUT2D eigenvalue weighted by atomic mass is 79.9. The van der Waals surface area contributed by atoms with Crippen LogP contribution in [0.4, 0.5) is 0 Å². The number of hydrogen-bond acceptors (Lipinski definition) is 4. The lowest BCUT2D eigenvalue weighted by Crippen LogP contribution is -2.32.